The largest absolute Gasteiger partial charge is 0.393 e. The van der Waals surface area contributed by atoms with Crippen LogP contribution in [0.1, 0.15) is 146 Å². The van der Waals surface area contributed by atoms with Crippen molar-refractivity contribution in [3.63, 3.8) is 0 Å². The van der Waals surface area contributed by atoms with Crippen molar-refractivity contribution in [1.82, 2.24) is 0 Å². The van der Waals surface area contributed by atoms with Gasteiger partial charge in [0.1, 0.15) is 0 Å². The Bertz CT molecular complexity index is 844. The van der Waals surface area contributed by atoms with Crippen LogP contribution in [-0.4, -0.2) is 11.2 Å². The van der Waals surface area contributed by atoms with Crippen LogP contribution in [0.25, 0.3) is 0 Å². The first kappa shape index (κ1) is 28.5. The zero-order valence-electron chi connectivity index (χ0n) is 26.6. The quantitative estimate of drug-likeness (QED) is 0.397. The minimum atomic E-state index is -0.123. The molecule has 0 spiro atoms. The molecule has 2 unspecified atom stereocenters. The van der Waals surface area contributed by atoms with Crippen molar-refractivity contribution in [1.29, 1.82) is 0 Å². The summed E-state index contributed by atoms with van der Waals surface area (Å²) in [5, 5.41) is 12.1. The van der Waals surface area contributed by atoms with Gasteiger partial charge in [-0.1, -0.05) is 82.1 Å². The number of hydrogen-bond acceptors (Lipinski definition) is 1. The van der Waals surface area contributed by atoms with E-state index in [9.17, 15) is 5.11 Å². The maximum Gasteiger partial charge on any atom is 0.0602 e. The molecule has 1 heteroatoms. The molecule has 0 heterocycles. The van der Waals surface area contributed by atoms with E-state index in [1.807, 2.05) is 0 Å². The average molecular weight is 513 g/mol. The van der Waals surface area contributed by atoms with E-state index in [0.29, 0.717) is 39.4 Å². The molecular formula is C36H64O. The minimum Gasteiger partial charge on any atom is -0.393 e. The molecule has 214 valence electrons. The van der Waals surface area contributed by atoms with E-state index >= 15 is 0 Å². The maximum absolute atomic E-state index is 12.1. The Balaban J connectivity index is 1.46. The molecule has 5 aliphatic rings. The van der Waals surface area contributed by atoms with E-state index in [-0.39, 0.29) is 11.5 Å². The molecule has 0 aromatic heterocycles. The maximum atomic E-state index is 12.1. The molecule has 37 heavy (non-hydrogen) atoms. The average Bonchev–Trinajstić information content (AvgIpc) is 2.81. The standard InChI is InChI=1S/C36H64O/c1-23(2)12-11-13-26-22-30(37)36(10)28(32(26,5)6)17-19-35(9)29(36)15-14-27-31-25(4)24(3)16-18-33(31,7)20-21-34(27,35)8/h23-31,37H,11-22H2,1-10H3/t24-,25+,26?,27-,28+,29+,30?,31+,33-,34-,35-,36+/m1/s1. The van der Waals surface area contributed by atoms with Crippen LogP contribution in [0, 0.1) is 74.4 Å². The van der Waals surface area contributed by atoms with Crippen LogP contribution in [0.4, 0.5) is 0 Å². The van der Waals surface area contributed by atoms with Gasteiger partial charge in [0, 0.05) is 5.41 Å². The lowest BCUT2D eigenvalue weighted by Crippen LogP contribution is -2.69. The monoisotopic (exact) mass is 512 g/mol. The van der Waals surface area contributed by atoms with Gasteiger partial charge in [0.25, 0.3) is 0 Å². The van der Waals surface area contributed by atoms with Crippen molar-refractivity contribution in [3.05, 3.63) is 0 Å². The topological polar surface area (TPSA) is 20.2 Å². The second-order valence-electron chi connectivity index (χ2n) is 17.7. The molecule has 5 saturated carbocycles. The van der Waals surface area contributed by atoms with E-state index in [1.165, 1.54) is 70.6 Å². The fourth-order valence-electron chi connectivity index (χ4n) is 13.0. The fourth-order valence-corrected chi connectivity index (χ4v) is 13.0. The van der Waals surface area contributed by atoms with Crippen LogP contribution in [0.2, 0.25) is 0 Å². The van der Waals surface area contributed by atoms with Gasteiger partial charge < -0.3 is 5.11 Å². The summed E-state index contributed by atoms with van der Waals surface area (Å²) in [7, 11) is 0. The number of hydrogen-bond donors (Lipinski definition) is 1. The summed E-state index contributed by atoms with van der Waals surface area (Å²) in [4.78, 5) is 0. The summed E-state index contributed by atoms with van der Waals surface area (Å²) < 4.78 is 0. The van der Waals surface area contributed by atoms with Gasteiger partial charge >= 0.3 is 0 Å². The zero-order chi connectivity index (χ0) is 27.2. The zero-order valence-corrected chi connectivity index (χ0v) is 26.6. The van der Waals surface area contributed by atoms with Crippen LogP contribution in [0.3, 0.4) is 0 Å². The summed E-state index contributed by atoms with van der Waals surface area (Å²) in [6.07, 6.45) is 16.2. The van der Waals surface area contributed by atoms with Gasteiger partial charge in [-0.05, 0) is 133 Å². The normalized spacial score (nSPS) is 55.1. The Morgan fingerprint density at radius 2 is 1.49 bits per heavy atom. The van der Waals surface area contributed by atoms with E-state index in [1.54, 1.807) is 0 Å². The second kappa shape index (κ2) is 9.24. The van der Waals surface area contributed by atoms with Crippen molar-refractivity contribution in [2.24, 2.45) is 74.4 Å². The third-order valence-corrected chi connectivity index (χ3v) is 15.7. The van der Waals surface area contributed by atoms with E-state index in [2.05, 4.69) is 69.2 Å². The van der Waals surface area contributed by atoms with Crippen LogP contribution in [0.5, 0.6) is 0 Å². The number of aliphatic hydroxyl groups excluding tert-OH is 1. The summed E-state index contributed by atoms with van der Waals surface area (Å²) in [5.41, 5.74) is 1.77. The van der Waals surface area contributed by atoms with Gasteiger partial charge in [-0.2, -0.15) is 0 Å². The highest BCUT2D eigenvalue weighted by molar-refractivity contribution is 5.19. The Labute approximate surface area is 231 Å². The third-order valence-electron chi connectivity index (χ3n) is 15.7. The highest BCUT2D eigenvalue weighted by Crippen LogP contribution is 2.77. The summed E-state index contributed by atoms with van der Waals surface area (Å²) in [5.74, 6) is 6.32. The van der Waals surface area contributed by atoms with Crippen LogP contribution in [-0.2, 0) is 0 Å². The van der Waals surface area contributed by atoms with Crippen LogP contribution in [0.15, 0.2) is 0 Å². The van der Waals surface area contributed by atoms with Crippen LogP contribution >= 0.6 is 0 Å². The highest BCUT2D eigenvalue weighted by atomic mass is 16.3. The Kier molecular flexibility index (Phi) is 7.12. The van der Waals surface area contributed by atoms with Crippen molar-refractivity contribution in [2.75, 3.05) is 0 Å². The molecule has 1 nitrogen and oxygen atoms in total. The lowest BCUT2D eigenvalue weighted by atomic mass is 9.30. The number of fused-ring (bicyclic) bond motifs is 7. The summed E-state index contributed by atoms with van der Waals surface area (Å²) in [6.45, 7) is 25.9. The van der Waals surface area contributed by atoms with Crippen molar-refractivity contribution in [2.45, 2.75) is 152 Å². The van der Waals surface area contributed by atoms with Gasteiger partial charge in [0.15, 0.2) is 0 Å². The first-order valence-corrected chi connectivity index (χ1v) is 16.8. The molecule has 1 N–H and O–H groups in total. The van der Waals surface area contributed by atoms with E-state index in [0.717, 1.165) is 36.0 Å². The number of rotatable bonds is 4. The molecule has 0 bridgehead atoms. The van der Waals surface area contributed by atoms with E-state index in [4.69, 9.17) is 0 Å². The Morgan fingerprint density at radius 1 is 0.784 bits per heavy atom. The molecule has 0 radical (unpaired) electrons. The molecule has 0 aliphatic heterocycles. The van der Waals surface area contributed by atoms with Crippen molar-refractivity contribution in [3.8, 4) is 0 Å². The van der Waals surface area contributed by atoms with Gasteiger partial charge in [-0.25, -0.2) is 0 Å². The van der Waals surface area contributed by atoms with Crippen molar-refractivity contribution < 1.29 is 5.11 Å². The number of aliphatic hydroxyl groups is 1. The summed E-state index contributed by atoms with van der Waals surface area (Å²) >= 11 is 0. The SMILES string of the molecule is CC(C)CCCC1CC(O)[C@]2(C)[C@H]3CC[C@@H]4[C@@H]5[C@@H](C)[C@H](C)CC[C@]5(C)CC[C@@]4(C)[C@]3(C)CC[C@H]2C1(C)C. The first-order valence-electron chi connectivity index (χ1n) is 16.8. The van der Waals surface area contributed by atoms with Gasteiger partial charge in [-0.15, -0.1) is 0 Å². The van der Waals surface area contributed by atoms with Gasteiger partial charge in [-0.3, -0.25) is 0 Å². The first-order chi connectivity index (χ1) is 17.1. The molecule has 0 saturated heterocycles. The predicted octanol–water partition coefficient (Wildman–Crippen LogP) is 10.2. The third kappa shape index (κ3) is 3.91. The highest BCUT2D eigenvalue weighted by Gasteiger charge is 2.71. The lowest BCUT2D eigenvalue weighted by Gasteiger charge is -2.74. The van der Waals surface area contributed by atoms with Gasteiger partial charge in [0.05, 0.1) is 6.10 Å². The van der Waals surface area contributed by atoms with Crippen molar-refractivity contribution >= 4 is 0 Å². The molecule has 0 aromatic carbocycles. The summed E-state index contributed by atoms with van der Waals surface area (Å²) in [6, 6.07) is 0. The lowest BCUT2D eigenvalue weighted by molar-refractivity contribution is -0.275. The fraction of sp³-hybridized carbons (Fsp3) is 1.00. The molecule has 0 aromatic rings. The smallest absolute Gasteiger partial charge is 0.0602 e. The molecule has 12 atom stereocenters. The minimum absolute atomic E-state index is 0.0747. The Hall–Kier alpha value is -0.0400. The molecule has 5 aliphatic carbocycles. The molecule has 0 amide bonds. The van der Waals surface area contributed by atoms with Crippen LogP contribution < -0.4 is 0 Å². The Morgan fingerprint density at radius 3 is 2.16 bits per heavy atom. The predicted molar refractivity (Wildman–Crippen MR) is 158 cm³/mol. The molecular weight excluding hydrogens is 448 g/mol. The molecule has 5 rings (SSSR count). The molecule has 5 fully saturated rings. The van der Waals surface area contributed by atoms with Gasteiger partial charge in [0.2, 0.25) is 0 Å². The van der Waals surface area contributed by atoms with E-state index < -0.39 is 0 Å². The second-order valence-corrected chi connectivity index (χ2v) is 17.7.